The van der Waals surface area contributed by atoms with Gasteiger partial charge in [0.25, 0.3) is 5.91 Å². The van der Waals surface area contributed by atoms with Crippen LogP contribution < -0.4 is 0 Å². The highest BCUT2D eigenvalue weighted by Gasteiger charge is 2.50. The van der Waals surface area contributed by atoms with E-state index in [4.69, 9.17) is 4.74 Å². The van der Waals surface area contributed by atoms with E-state index >= 15 is 0 Å². The molecule has 0 radical (unpaired) electrons. The fourth-order valence-corrected chi connectivity index (χ4v) is 3.78. The van der Waals surface area contributed by atoms with Crippen LogP contribution in [0.1, 0.15) is 29.8 Å². The van der Waals surface area contributed by atoms with Crippen molar-refractivity contribution in [2.75, 3.05) is 0 Å². The van der Waals surface area contributed by atoms with Crippen LogP contribution >= 0.6 is 0 Å². The van der Waals surface area contributed by atoms with Crippen LogP contribution in [0.4, 0.5) is 0 Å². The Morgan fingerprint density at radius 1 is 0.963 bits per heavy atom. The minimum absolute atomic E-state index is 0.191. The van der Waals surface area contributed by atoms with Gasteiger partial charge in [-0.05, 0) is 36.2 Å². The Morgan fingerprint density at radius 3 is 2.41 bits per heavy atom. The lowest BCUT2D eigenvalue weighted by Gasteiger charge is -2.32. The van der Waals surface area contributed by atoms with Gasteiger partial charge in [0.05, 0.1) is 0 Å². The Kier molecular flexibility index (Phi) is 4.19. The summed E-state index contributed by atoms with van der Waals surface area (Å²) >= 11 is 0. The number of carbonyl (C=O) groups excluding carboxylic acids is 2. The zero-order valence-electron chi connectivity index (χ0n) is 15.4. The Morgan fingerprint density at radius 2 is 1.63 bits per heavy atom. The molecule has 0 bridgehead atoms. The molecule has 0 saturated carbocycles. The van der Waals surface area contributed by atoms with E-state index in [0.717, 1.165) is 16.3 Å². The van der Waals surface area contributed by atoms with Gasteiger partial charge in [-0.25, -0.2) is 4.79 Å². The van der Waals surface area contributed by atoms with Gasteiger partial charge < -0.3 is 4.74 Å². The molecule has 3 aromatic rings. The third-order valence-electron chi connectivity index (χ3n) is 5.02. The number of hydrogen-bond acceptors (Lipinski definition) is 3. The summed E-state index contributed by atoms with van der Waals surface area (Å²) in [5.41, 5.74) is 0.579. The van der Waals surface area contributed by atoms with Gasteiger partial charge in [-0.3, -0.25) is 9.69 Å². The SMILES string of the molecule is CC1(C)OC(=O)[C@@H](Cc2ccccc2)N1C(=O)c1cccc2ccccc12. The van der Waals surface area contributed by atoms with Gasteiger partial charge in [0, 0.05) is 12.0 Å². The monoisotopic (exact) mass is 359 g/mol. The number of nitrogens with zero attached hydrogens (tertiary/aromatic N) is 1. The van der Waals surface area contributed by atoms with Crippen molar-refractivity contribution < 1.29 is 14.3 Å². The number of rotatable bonds is 3. The van der Waals surface area contributed by atoms with Crippen molar-refractivity contribution in [1.82, 2.24) is 4.90 Å². The molecule has 0 spiro atoms. The lowest BCUT2D eigenvalue weighted by Crippen LogP contribution is -2.49. The van der Waals surface area contributed by atoms with E-state index in [0.29, 0.717) is 12.0 Å². The Labute approximate surface area is 158 Å². The predicted molar refractivity (Wildman–Crippen MR) is 104 cm³/mol. The molecular weight excluding hydrogens is 338 g/mol. The number of ether oxygens (including phenoxy) is 1. The lowest BCUT2D eigenvalue weighted by atomic mass is 10.00. The van der Waals surface area contributed by atoms with E-state index < -0.39 is 11.8 Å². The zero-order chi connectivity index (χ0) is 19.0. The number of carbonyl (C=O) groups is 2. The molecule has 0 N–H and O–H groups in total. The molecule has 136 valence electrons. The van der Waals surface area contributed by atoms with Crippen molar-refractivity contribution in [3.8, 4) is 0 Å². The molecule has 0 aromatic heterocycles. The number of cyclic esters (lactones) is 1. The van der Waals surface area contributed by atoms with Crippen LogP contribution in [0.5, 0.6) is 0 Å². The average Bonchev–Trinajstić information content (AvgIpc) is 2.89. The third-order valence-corrected chi connectivity index (χ3v) is 5.02. The van der Waals surface area contributed by atoms with Gasteiger partial charge in [-0.1, -0.05) is 66.7 Å². The maximum absolute atomic E-state index is 13.5. The summed E-state index contributed by atoms with van der Waals surface area (Å²) in [6.45, 7) is 3.53. The van der Waals surface area contributed by atoms with Gasteiger partial charge in [0.1, 0.15) is 6.04 Å². The molecule has 4 rings (SSSR count). The van der Waals surface area contributed by atoms with Crippen molar-refractivity contribution in [2.24, 2.45) is 0 Å². The van der Waals surface area contributed by atoms with Gasteiger partial charge in [-0.2, -0.15) is 0 Å². The highest BCUT2D eigenvalue weighted by Crippen LogP contribution is 2.33. The second-order valence-electron chi connectivity index (χ2n) is 7.28. The molecule has 0 unspecified atom stereocenters. The van der Waals surface area contributed by atoms with E-state index in [1.54, 1.807) is 18.7 Å². The summed E-state index contributed by atoms with van der Waals surface area (Å²) in [6.07, 6.45) is 0.430. The smallest absolute Gasteiger partial charge is 0.331 e. The predicted octanol–water partition coefficient (Wildman–Crippen LogP) is 4.19. The van der Waals surface area contributed by atoms with Crippen LogP contribution in [0.15, 0.2) is 72.8 Å². The first-order valence-electron chi connectivity index (χ1n) is 9.05. The summed E-state index contributed by atoms with van der Waals surface area (Å²) in [5.74, 6) is -0.555. The summed E-state index contributed by atoms with van der Waals surface area (Å²) < 4.78 is 5.57. The molecular formula is C23H21NO3. The van der Waals surface area contributed by atoms with E-state index in [9.17, 15) is 9.59 Å². The normalized spacial score (nSPS) is 18.5. The highest BCUT2D eigenvalue weighted by atomic mass is 16.6. The van der Waals surface area contributed by atoms with E-state index in [-0.39, 0.29) is 11.9 Å². The van der Waals surface area contributed by atoms with Gasteiger partial charge >= 0.3 is 5.97 Å². The van der Waals surface area contributed by atoms with Crippen molar-refractivity contribution >= 4 is 22.6 Å². The standard InChI is InChI=1S/C23H21NO3/c1-23(2)24(20(22(26)27-23)15-16-9-4-3-5-10-16)21(25)19-14-8-12-17-11-6-7-13-18(17)19/h3-14,20H,15H2,1-2H3/t20-/m1/s1. The molecule has 0 aliphatic carbocycles. The number of esters is 1. The minimum atomic E-state index is -0.995. The molecule has 3 aromatic carbocycles. The topological polar surface area (TPSA) is 46.6 Å². The summed E-state index contributed by atoms with van der Waals surface area (Å²) in [5, 5.41) is 1.87. The van der Waals surface area contributed by atoms with Crippen LogP contribution in [-0.4, -0.2) is 28.5 Å². The van der Waals surface area contributed by atoms with Gasteiger partial charge in [0.2, 0.25) is 0 Å². The van der Waals surface area contributed by atoms with Crippen molar-refractivity contribution in [1.29, 1.82) is 0 Å². The van der Waals surface area contributed by atoms with E-state index in [1.807, 2.05) is 72.8 Å². The molecule has 27 heavy (non-hydrogen) atoms. The van der Waals surface area contributed by atoms with Crippen molar-refractivity contribution in [3.05, 3.63) is 83.9 Å². The quantitative estimate of drug-likeness (QED) is 0.659. The second kappa shape index (κ2) is 6.54. The van der Waals surface area contributed by atoms with Crippen molar-refractivity contribution in [2.45, 2.75) is 32.0 Å². The van der Waals surface area contributed by atoms with Crippen LogP contribution in [0.2, 0.25) is 0 Å². The Bertz CT molecular complexity index is 1010. The number of hydrogen-bond donors (Lipinski definition) is 0. The molecule has 4 nitrogen and oxygen atoms in total. The number of amides is 1. The molecule has 1 atom stereocenters. The largest absolute Gasteiger partial charge is 0.438 e. The zero-order valence-corrected chi connectivity index (χ0v) is 15.4. The molecule has 1 fully saturated rings. The summed E-state index contributed by atoms with van der Waals surface area (Å²) in [4.78, 5) is 27.7. The van der Waals surface area contributed by atoms with Crippen molar-refractivity contribution in [3.63, 3.8) is 0 Å². The molecule has 1 heterocycles. The molecule has 1 aliphatic heterocycles. The van der Waals surface area contributed by atoms with Gasteiger partial charge in [-0.15, -0.1) is 0 Å². The molecule has 1 amide bonds. The first-order chi connectivity index (χ1) is 13.0. The molecule has 1 saturated heterocycles. The summed E-state index contributed by atoms with van der Waals surface area (Å²) in [6, 6.07) is 22.5. The van der Waals surface area contributed by atoms with Gasteiger partial charge in [0.15, 0.2) is 5.72 Å². The first kappa shape index (κ1) is 17.3. The fraction of sp³-hybridized carbons (Fsp3) is 0.217. The summed E-state index contributed by atoms with van der Waals surface area (Å²) in [7, 11) is 0. The average molecular weight is 359 g/mol. The minimum Gasteiger partial charge on any atom is -0.438 e. The van der Waals surface area contributed by atoms with Crippen LogP contribution in [-0.2, 0) is 16.0 Å². The van der Waals surface area contributed by atoms with Crippen LogP contribution in [0, 0.1) is 0 Å². The van der Waals surface area contributed by atoms with Crippen LogP contribution in [0.3, 0.4) is 0 Å². The molecule has 4 heteroatoms. The van der Waals surface area contributed by atoms with Crippen LogP contribution in [0.25, 0.3) is 10.8 Å². The lowest BCUT2D eigenvalue weighted by molar-refractivity contribution is -0.148. The Balaban J connectivity index is 1.76. The number of fused-ring (bicyclic) bond motifs is 1. The first-order valence-corrected chi connectivity index (χ1v) is 9.05. The van der Waals surface area contributed by atoms with E-state index in [1.165, 1.54) is 0 Å². The van der Waals surface area contributed by atoms with E-state index in [2.05, 4.69) is 0 Å². The number of benzene rings is 3. The fourth-order valence-electron chi connectivity index (χ4n) is 3.78. The maximum Gasteiger partial charge on any atom is 0.331 e. The second-order valence-corrected chi connectivity index (χ2v) is 7.28. The molecule has 1 aliphatic rings. The Hall–Kier alpha value is -3.14. The maximum atomic E-state index is 13.5. The third kappa shape index (κ3) is 3.08. The highest BCUT2D eigenvalue weighted by molar-refractivity contribution is 6.08.